The predicted octanol–water partition coefficient (Wildman–Crippen LogP) is 2.18. The number of hydrogen-bond donors (Lipinski definition) is 3. The van der Waals surface area contributed by atoms with Crippen molar-refractivity contribution < 1.29 is 4.79 Å². The van der Waals surface area contributed by atoms with Crippen molar-refractivity contribution in [3.63, 3.8) is 0 Å². The van der Waals surface area contributed by atoms with E-state index < -0.39 is 5.91 Å². The lowest BCUT2D eigenvalue weighted by Crippen LogP contribution is -2.14. The maximum Gasteiger partial charge on any atom is 0.250 e. The quantitative estimate of drug-likeness (QED) is 0.743. The molecule has 2 aromatic carbocycles. The lowest BCUT2D eigenvalue weighted by molar-refractivity contribution is 0.100. The van der Waals surface area contributed by atoms with Gasteiger partial charge in [0.1, 0.15) is 0 Å². The minimum absolute atomic E-state index is 0.319. The van der Waals surface area contributed by atoms with E-state index in [1.165, 1.54) is 0 Å². The van der Waals surface area contributed by atoms with Gasteiger partial charge < -0.3 is 21.7 Å². The molecule has 0 aliphatic carbocycles. The smallest absolute Gasteiger partial charge is 0.250 e. The Bertz CT molecular complexity index is 620. The van der Waals surface area contributed by atoms with Gasteiger partial charge in [0.05, 0.1) is 16.9 Å². The standard InChI is InChI=1S/C15H18N4O/c1-19(2)11-8-6-10(7-9-11)18-13-5-3-4-12(14(13)16)15(17)20/h3-9,18H,16H2,1-2H3,(H2,17,20). The van der Waals surface area contributed by atoms with Gasteiger partial charge in [-0.25, -0.2) is 0 Å². The van der Waals surface area contributed by atoms with Gasteiger partial charge >= 0.3 is 0 Å². The number of nitrogens with two attached hydrogens (primary N) is 2. The van der Waals surface area contributed by atoms with Crippen molar-refractivity contribution in [3.05, 3.63) is 48.0 Å². The second kappa shape index (κ2) is 5.52. The van der Waals surface area contributed by atoms with Crippen LogP contribution in [0.15, 0.2) is 42.5 Å². The second-order valence-corrected chi connectivity index (χ2v) is 4.70. The van der Waals surface area contributed by atoms with Gasteiger partial charge in [-0.1, -0.05) is 6.07 Å². The number of carbonyl (C=O) groups excluding carboxylic acids is 1. The molecule has 2 rings (SSSR count). The first-order valence-electron chi connectivity index (χ1n) is 6.21. The number of benzene rings is 2. The van der Waals surface area contributed by atoms with E-state index in [2.05, 4.69) is 5.32 Å². The Morgan fingerprint density at radius 1 is 1.10 bits per heavy atom. The maximum absolute atomic E-state index is 11.3. The van der Waals surface area contributed by atoms with Crippen LogP contribution in [0.25, 0.3) is 0 Å². The zero-order chi connectivity index (χ0) is 14.7. The number of nitrogens with zero attached hydrogens (tertiary/aromatic N) is 1. The van der Waals surface area contributed by atoms with Crippen molar-refractivity contribution >= 4 is 28.7 Å². The molecule has 0 heterocycles. The summed E-state index contributed by atoms with van der Waals surface area (Å²) in [6, 6.07) is 13.1. The molecular weight excluding hydrogens is 252 g/mol. The van der Waals surface area contributed by atoms with Gasteiger partial charge in [-0.3, -0.25) is 4.79 Å². The van der Waals surface area contributed by atoms with E-state index in [1.54, 1.807) is 12.1 Å². The molecule has 2 aromatic rings. The zero-order valence-electron chi connectivity index (χ0n) is 11.6. The van der Waals surface area contributed by atoms with Crippen molar-refractivity contribution in [1.29, 1.82) is 0 Å². The average Bonchev–Trinajstić information content (AvgIpc) is 2.41. The van der Waals surface area contributed by atoms with E-state index in [0.29, 0.717) is 16.9 Å². The Balaban J connectivity index is 2.26. The highest BCUT2D eigenvalue weighted by molar-refractivity contribution is 6.01. The van der Waals surface area contributed by atoms with Crippen LogP contribution in [-0.2, 0) is 0 Å². The lowest BCUT2D eigenvalue weighted by Gasteiger charge is -2.14. The Labute approximate surface area is 118 Å². The monoisotopic (exact) mass is 270 g/mol. The molecule has 0 radical (unpaired) electrons. The number of nitrogens with one attached hydrogen (secondary N) is 1. The van der Waals surface area contributed by atoms with E-state index in [9.17, 15) is 4.79 Å². The fourth-order valence-electron chi connectivity index (χ4n) is 1.89. The molecule has 0 unspecified atom stereocenters. The van der Waals surface area contributed by atoms with Gasteiger partial charge in [-0.15, -0.1) is 0 Å². The Morgan fingerprint density at radius 3 is 2.30 bits per heavy atom. The van der Waals surface area contributed by atoms with Crippen LogP contribution in [0.5, 0.6) is 0 Å². The molecule has 0 aliphatic heterocycles. The Kier molecular flexibility index (Phi) is 3.79. The minimum atomic E-state index is -0.533. The van der Waals surface area contributed by atoms with Crippen molar-refractivity contribution in [2.45, 2.75) is 0 Å². The molecule has 0 aliphatic rings. The molecule has 0 spiro atoms. The molecule has 20 heavy (non-hydrogen) atoms. The molecule has 5 heteroatoms. The Hall–Kier alpha value is -2.69. The maximum atomic E-state index is 11.3. The number of para-hydroxylation sites is 1. The predicted molar refractivity (Wildman–Crippen MR) is 83.4 cm³/mol. The van der Waals surface area contributed by atoms with Gasteiger partial charge in [0, 0.05) is 25.5 Å². The van der Waals surface area contributed by atoms with Crippen molar-refractivity contribution in [3.8, 4) is 0 Å². The molecule has 0 saturated heterocycles. The van der Waals surface area contributed by atoms with Crippen molar-refractivity contribution in [1.82, 2.24) is 0 Å². The summed E-state index contributed by atoms with van der Waals surface area (Å²) in [6.07, 6.45) is 0. The average molecular weight is 270 g/mol. The Morgan fingerprint density at radius 2 is 1.75 bits per heavy atom. The number of rotatable bonds is 4. The number of anilines is 4. The van der Waals surface area contributed by atoms with E-state index in [0.717, 1.165) is 11.4 Å². The largest absolute Gasteiger partial charge is 0.396 e. The van der Waals surface area contributed by atoms with E-state index in [4.69, 9.17) is 11.5 Å². The number of amides is 1. The molecule has 0 atom stereocenters. The topological polar surface area (TPSA) is 84.4 Å². The first-order valence-corrected chi connectivity index (χ1v) is 6.21. The summed E-state index contributed by atoms with van der Waals surface area (Å²) in [7, 11) is 3.97. The summed E-state index contributed by atoms with van der Waals surface area (Å²) in [6.45, 7) is 0. The third-order valence-corrected chi connectivity index (χ3v) is 3.03. The molecule has 5 nitrogen and oxygen atoms in total. The number of carbonyl (C=O) groups is 1. The summed E-state index contributed by atoms with van der Waals surface area (Å²) >= 11 is 0. The van der Waals surface area contributed by atoms with E-state index >= 15 is 0 Å². The number of primary amides is 1. The third kappa shape index (κ3) is 2.83. The highest BCUT2D eigenvalue weighted by Gasteiger charge is 2.09. The van der Waals surface area contributed by atoms with E-state index in [1.807, 2.05) is 49.3 Å². The molecule has 0 fully saturated rings. The summed E-state index contributed by atoms with van der Waals surface area (Å²) in [5.41, 5.74) is 14.6. The molecular formula is C15H18N4O. The molecule has 1 amide bonds. The SMILES string of the molecule is CN(C)c1ccc(Nc2cccc(C(N)=O)c2N)cc1. The highest BCUT2D eigenvalue weighted by Crippen LogP contribution is 2.27. The van der Waals surface area contributed by atoms with Crippen LogP contribution in [-0.4, -0.2) is 20.0 Å². The van der Waals surface area contributed by atoms with Gasteiger partial charge in [0.2, 0.25) is 0 Å². The van der Waals surface area contributed by atoms with Crippen LogP contribution in [0, 0.1) is 0 Å². The second-order valence-electron chi connectivity index (χ2n) is 4.70. The van der Waals surface area contributed by atoms with Crippen LogP contribution in [0.4, 0.5) is 22.7 Å². The van der Waals surface area contributed by atoms with Gasteiger partial charge in [-0.2, -0.15) is 0 Å². The molecule has 0 saturated carbocycles. The fraction of sp³-hybridized carbons (Fsp3) is 0.133. The summed E-state index contributed by atoms with van der Waals surface area (Å²) in [5.74, 6) is -0.533. The lowest BCUT2D eigenvalue weighted by atomic mass is 10.1. The first kappa shape index (κ1) is 13.7. The van der Waals surface area contributed by atoms with Crippen LogP contribution in [0.3, 0.4) is 0 Å². The molecule has 104 valence electrons. The number of nitrogen functional groups attached to an aromatic ring is 1. The number of hydrogen-bond acceptors (Lipinski definition) is 4. The van der Waals surface area contributed by atoms with Crippen molar-refractivity contribution in [2.75, 3.05) is 30.0 Å². The summed E-state index contributed by atoms with van der Waals surface area (Å²) in [5, 5.41) is 3.18. The van der Waals surface area contributed by atoms with Gasteiger partial charge in [-0.05, 0) is 36.4 Å². The first-order chi connectivity index (χ1) is 9.49. The van der Waals surface area contributed by atoms with Crippen LogP contribution in [0.1, 0.15) is 10.4 Å². The highest BCUT2D eigenvalue weighted by atomic mass is 16.1. The van der Waals surface area contributed by atoms with Crippen LogP contribution < -0.4 is 21.7 Å². The molecule has 5 N–H and O–H groups in total. The molecule has 0 aromatic heterocycles. The third-order valence-electron chi connectivity index (χ3n) is 3.03. The fourth-order valence-corrected chi connectivity index (χ4v) is 1.89. The minimum Gasteiger partial charge on any atom is -0.396 e. The van der Waals surface area contributed by atoms with Crippen LogP contribution >= 0.6 is 0 Å². The summed E-state index contributed by atoms with van der Waals surface area (Å²) in [4.78, 5) is 13.3. The van der Waals surface area contributed by atoms with Crippen molar-refractivity contribution in [2.24, 2.45) is 5.73 Å². The van der Waals surface area contributed by atoms with Gasteiger partial charge in [0.25, 0.3) is 5.91 Å². The zero-order valence-corrected chi connectivity index (χ0v) is 11.6. The van der Waals surface area contributed by atoms with Gasteiger partial charge in [0.15, 0.2) is 0 Å². The molecule has 0 bridgehead atoms. The van der Waals surface area contributed by atoms with Crippen LogP contribution in [0.2, 0.25) is 0 Å². The normalized spacial score (nSPS) is 10.1. The van der Waals surface area contributed by atoms with E-state index in [-0.39, 0.29) is 0 Å². The summed E-state index contributed by atoms with van der Waals surface area (Å²) < 4.78 is 0.